The topological polar surface area (TPSA) is 66.5 Å². The summed E-state index contributed by atoms with van der Waals surface area (Å²) >= 11 is 1.01. The Kier molecular flexibility index (Phi) is 10.6. The molecule has 242 valence electrons. The van der Waals surface area contributed by atoms with E-state index in [4.69, 9.17) is 0 Å². The molecule has 3 aromatic rings. The Morgan fingerprint density at radius 2 is 1.36 bits per heavy atom. The van der Waals surface area contributed by atoms with Crippen LogP contribution in [0.2, 0.25) is 0 Å². The summed E-state index contributed by atoms with van der Waals surface area (Å²) in [5, 5.41) is 2.39. The van der Waals surface area contributed by atoms with Crippen LogP contribution in [0.25, 0.3) is 0 Å². The van der Waals surface area contributed by atoms with Gasteiger partial charge in [0.25, 0.3) is 5.91 Å². The van der Waals surface area contributed by atoms with Crippen LogP contribution < -0.4 is 10.2 Å². The average Bonchev–Trinajstić information content (AvgIpc) is 2.96. The van der Waals surface area contributed by atoms with Crippen LogP contribution in [0.5, 0.6) is 0 Å². The fourth-order valence-corrected chi connectivity index (χ4v) is 5.11. The summed E-state index contributed by atoms with van der Waals surface area (Å²) < 4.78 is 135. The molecule has 0 aliphatic rings. The summed E-state index contributed by atoms with van der Waals surface area (Å²) in [5.41, 5.74) is -11.5. The van der Waals surface area contributed by atoms with E-state index in [9.17, 15) is 58.3 Å². The van der Waals surface area contributed by atoms with Crippen LogP contribution in [0.15, 0.2) is 66.7 Å². The van der Waals surface area contributed by atoms with Crippen molar-refractivity contribution in [3.63, 3.8) is 0 Å². The van der Waals surface area contributed by atoms with Crippen molar-refractivity contribution in [3.05, 3.63) is 98.1 Å². The van der Waals surface area contributed by atoms with E-state index in [-0.39, 0.29) is 35.8 Å². The van der Waals surface area contributed by atoms with Crippen LogP contribution in [0, 0.1) is 3.57 Å². The Labute approximate surface area is 262 Å². The highest BCUT2D eigenvalue weighted by Crippen LogP contribution is 2.54. The van der Waals surface area contributed by atoms with Crippen molar-refractivity contribution in [2.75, 3.05) is 18.5 Å². The van der Waals surface area contributed by atoms with Crippen molar-refractivity contribution in [1.82, 2.24) is 5.32 Å². The van der Waals surface area contributed by atoms with E-state index < -0.39 is 74.5 Å². The largest absolute Gasteiger partial charge is 0.435 e. The Morgan fingerprint density at radius 1 is 0.778 bits per heavy atom. The maximum atomic E-state index is 14.6. The van der Waals surface area contributed by atoms with Crippen LogP contribution in [-0.2, 0) is 23.1 Å². The number of Topliss-reactive ketones (excluding diaryl/α,β-unsaturated/α-hetero) is 1. The summed E-state index contributed by atoms with van der Waals surface area (Å²) in [7, 11) is 1.37. The van der Waals surface area contributed by atoms with Crippen LogP contribution >= 0.6 is 22.6 Å². The predicted octanol–water partition coefficient (Wildman–Crippen LogP) is 7.81. The maximum Gasteiger partial charge on any atom is 0.435 e. The van der Waals surface area contributed by atoms with Gasteiger partial charge >= 0.3 is 24.2 Å². The van der Waals surface area contributed by atoms with Gasteiger partial charge in [0.2, 0.25) is 5.91 Å². The van der Waals surface area contributed by atoms with E-state index in [0.29, 0.717) is 0 Å². The van der Waals surface area contributed by atoms with E-state index in [0.717, 1.165) is 33.6 Å². The minimum atomic E-state index is -6.66. The third-order valence-corrected chi connectivity index (χ3v) is 7.57. The standard InChI is InChI=1S/C29H21F10IN2O3/c1-41-24(44)10-11-42(25(45)16-6-3-2-4-7-16)19-9-5-8-17(12-19)23(43)15-20-21(27(31,32)33)13-18(14-22(20)40)26(30,28(34,35)36)29(37,38)39/h2-9,12-14H,10-11,15H2,1H3,(H,41,44). The molecule has 0 atom stereocenters. The highest BCUT2D eigenvalue weighted by atomic mass is 127. The first kappa shape index (κ1) is 35.8. The van der Waals surface area contributed by atoms with E-state index in [2.05, 4.69) is 5.32 Å². The number of amides is 2. The van der Waals surface area contributed by atoms with Gasteiger partial charge in [0.15, 0.2) is 5.78 Å². The number of carbonyl (C=O) groups excluding carboxylic acids is 3. The zero-order valence-corrected chi connectivity index (χ0v) is 25.0. The molecule has 0 saturated carbocycles. The molecule has 2 amide bonds. The number of rotatable bonds is 9. The molecule has 16 heteroatoms. The van der Waals surface area contributed by atoms with Crippen molar-refractivity contribution >= 4 is 45.9 Å². The van der Waals surface area contributed by atoms with Crippen molar-refractivity contribution in [2.24, 2.45) is 0 Å². The molecule has 0 fully saturated rings. The van der Waals surface area contributed by atoms with Crippen molar-refractivity contribution < 1.29 is 58.3 Å². The molecule has 0 saturated heterocycles. The number of halogens is 11. The first-order valence-electron chi connectivity index (χ1n) is 12.7. The second kappa shape index (κ2) is 13.3. The smallest absolute Gasteiger partial charge is 0.359 e. The summed E-state index contributed by atoms with van der Waals surface area (Å²) in [5.74, 6) is -2.07. The van der Waals surface area contributed by atoms with Gasteiger partial charge in [-0.15, -0.1) is 0 Å². The second-order valence-corrected chi connectivity index (χ2v) is 10.7. The number of carbonyl (C=O) groups is 3. The van der Waals surface area contributed by atoms with Gasteiger partial charge in [-0.2, -0.15) is 39.5 Å². The van der Waals surface area contributed by atoms with Crippen LogP contribution in [0.4, 0.5) is 49.6 Å². The molecule has 0 aliphatic carbocycles. The fourth-order valence-electron chi connectivity index (χ4n) is 4.29. The number of anilines is 1. The molecule has 5 nitrogen and oxygen atoms in total. The van der Waals surface area contributed by atoms with Crippen molar-refractivity contribution in [3.8, 4) is 0 Å². The normalized spacial score (nSPS) is 12.5. The monoisotopic (exact) mass is 762 g/mol. The molecule has 0 unspecified atom stereocenters. The number of hydrogen-bond acceptors (Lipinski definition) is 3. The lowest BCUT2D eigenvalue weighted by atomic mass is 9.89. The number of nitrogens with one attached hydrogen (secondary N) is 1. The summed E-state index contributed by atoms with van der Waals surface area (Å²) in [6.07, 6.45) is -20.2. The van der Waals surface area contributed by atoms with Gasteiger partial charge in [-0.05, 0) is 64.6 Å². The molecule has 0 aromatic heterocycles. The van der Waals surface area contributed by atoms with E-state index in [1.807, 2.05) is 0 Å². The molecule has 0 radical (unpaired) electrons. The minimum Gasteiger partial charge on any atom is -0.359 e. The van der Waals surface area contributed by atoms with E-state index in [1.54, 1.807) is 18.2 Å². The zero-order chi connectivity index (χ0) is 34.0. The molecule has 0 spiro atoms. The molecular weight excluding hydrogens is 741 g/mol. The minimum absolute atomic E-state index is 0.0329. The number of ketones is 1. The van der Waals surface area contributed by atoms with Crippen LogP contribution in [-0.4, -0.2) is 43.5 Å². The molecule has 0 heterocycles. The van der Waals surface area contributed by atoms with E-state index in [1.165, 1.54) is 37.4 Å². The molecule has 0 aliphatic heterocycles. The summed E-state index contributed by atoms with van der Waals surface area (Å²) in [6, 6.07) is 12.1. The van der Waals surface area contributed by atoms with Crippen LogP contribution in [0.1, 0.15) is 43.8 Å². The quantitative estimate of drug-likeness (QED) is 0.138. The lowest BCUT2D eigenvalue weighted by molar-refractivity contribution is -0.348. The number of nitrogens with zero attached hydrogens (tertiary/aromatic N) is 1. The average molecular weight is 762 g/mol. The molecule has 3 rings (SSSR count). The van der Waals surface area contributed by atoms with Crippen molar-refractivity contribution in [2.45, 2.75) is 37.0 Å². The molecule has 45 heavy (non-hydrogen) atoms. The van der Waals surface area contributed by atoms with Crippen LogP contribution in [0.3, 0.4) is 0 Å². The second-order valence-electron chi connectivity index (χ2n) is 9.53. The molecule has 0 bridgehead atoms. The first-order valence-corrected chi connectivity index (χ1v) is 13.7. The fraction of sp³-hybridized carbons (Fsp3) is 0.276. The molecule has 1 N–H and O–H groups in total. The van der Waals surface area contributed by atoms with Gasteiger partial charge in [-0.3, -0.25) is 14.4 Å². The SMILES string of the molecule is CNC(=O)CCN(C(=O)c1ccccc1)c1cccc(C(=O)Cc2c(I)cc(C(F)(C(F)(F)F)C(F)(F)F)cc2C(F)(F)F)c1. The van der Waals surface area contributed by atoms with E-state index >= 15 is 0 Å². The summed E-state index contributed by atoms with van der Waals surface area (Å²) in [6.45, 7) is -0.175. The highest BCUT2D eigenvalue weighted by molar-refractivity contribution is 14.1. The summed E-state index contributed by atoms with van der Waals surface area (Å²) in [4.78, 5) is 39.5. The van der Waals surface area contributed by atoms with Gasteiger partial charge in [0.05, 0.1) is 5.56 Å². The predicted molar refractivity (Wildman–Crippen MR) is 150 cm³/mol. The van der Waals surface area contributed by atoms with Crippen molar-refractivity contribution in [1.29, 1.82) is 0 Å². The zero-order valence-electron chi connectivity index (χ0n) is 22.8. The Bertz CT molecular complexity index is 1560. The van der Waals surface area contributed by atoms with Gasteiger partial charge < -0.3 is 10.2 Å². The Hall–Kier alpha value is -3.70. The number of benzene rings is 3. The highest BCUT2D eigenvalue weighted by Gasteiger charge is 2.73. The molecular formula is C29H21F10IN2O3. The number of hydrogen-bond donors (Lipinski definition) is 1. The van der Waals surface area contributed by atoms with Gasteiger partial charge in [0, 0.05) is 52.4 Å². The lowest BCUT2D eigenvalue weighted by Gasteiger charge is -2.31. The first-order chi connectivity index (χ1) is 20.7. The van der Waals surface area contributed by atoms with Gasteiger partial charge in [0.1, 0.15) is 0 Å². The third-order valence-electron chi connectivity index (χ3n) is 6.60. The lowest BCUT2D eigenvalue weighted by Crippen LogP contribution is -2.50. The Balaban J connectivity index is 2.07. The van der Waals surface area contributed by atoms with Gasteiger partial charge in [-0.1, -0.05) is 30.3 Å². The third kappa shape index (κ3) is 7.76. The molecule has 3 aromatic carbocycles. The van der Waals surface area contributed by atoms with Gasteiger partial charge in [-0.25, -0.2) is 4.39 Å². The number of alkyl halides is 10. The maximum absolute atomic E-state index is 14.6. The Morgan fingerprint density at radius 3 is 1.89 bits per heavy atom.